The molecule has 1 aromatic rings. The minimum Gasteiger partial charge on any atom is -0.484 e. The van der Waals surface area contributed by atoms with E-state index in [0.29, 0.717) is 22.9 Å². The van der Waals surface area contributed by atoms with Gasteiger partial charge in [-0.15, -0.1) is 0 Å². The van der Waals surface area contributed by atoms with Crippen LogP contribution in [0, 0.1) is 6.92 Å². The molecule has 0 radical (unpaired) electrons. The summed E-state index contributed by atoms with van der Waals surface area (Å²) in [7, 11) is 0. The third kappa shape index (κ3) is 6.27. The molecule has 0 heterocycles. The lowest BCUT2D eigenvalue weighted by Crippen LogP contribution is -2.43. The summed E-state index contributed by atoms with van der Waals surface area (Å²) in [5.41, 5.74) is 0.812. The molecule has 0 aromatic heterocycles. The van der Waals surface area contributed by atoms with E-state index >= 15 is 0 Å². The molecule has 1 amide bonds. The zero-order valence-corrected chi connectivity index (χ0v) is 13.5. The number of aryl methyl sites for hydroxylation is 1. The summed E-state index contributed by atoms with van der Waals surface area (Å²) in [4.78, 5) is 22.8. The van der Waals surface area contributed by atoms with Gasteiger partial charge >= 0.3 is 5.97 Å². The second-order valence-electron chi connectivity index (χ2n) is 4.44. The maximum absolute atomic E-state index is 11.7. The predicted octanol–water partition coefficient (Wildman–Crippen LogP) is 2.35. The van der Waals surface area contributed by atoms with Crippen molar-refractivity contribution in [1.29, 1.82) is 0 Å². The van der Waals surface area contributed by atoms with E-state index in [9.17, 15) is 9.59 Å². The van der Waals surface area contributed by atoms with Crippen molar-refractivity contribution < 1.29 is 19.4 Å². The molecule has 5 nitrogen and oxygen atoms in total. The van der Waals surface area contributed by atoms with Crippen molar-refractivity contribution in [3.05, 3.63) is 28.8 Å². The Morgan fingerprint density at radius 2 is 2.19 bits per heavy atom. The van der Waals surface area contributed by atoms with E-state index < -0.39 is 17.9 Å². The fourth-order valence-corrected chi connectivity index (χ4v) is 2.35. The molecule has 1 unspecified atom stereocenters. The van der Waals surface area contributed by atoms with Gasteiger partial charge in [0.25, 0.3) is 5.91 Å². The van der Waals surface area contributed by atoms with Crippen LogP contribution >= 0.6 is 23.4 Å². The molecule has 0 saturated carbocycles. The van der Waals surface area contributed by atoms with Crippen molar-refractivity contribution in [2.75, 3.05) is 18.6 Å². The van der Waals surface area contributed by atoms with Crippen LogP contribution in [0.3, 0.4) is 0 Å². The Balaban J connectivity index is 2.50. The Morgan fingerprint density at radius 3 is 2.76 bits per heavy atom. The second-order valence-corrected chi connectivity index (χ2v) is 5.86. The van der Waals surface area contributed by atoms with Gasteiger partial charge in [0.15, 0.2) is 6.61 Å². The number of aliphatic carboxylic acids is 1. The van der Waals surface area contributed by atoms with Crippen LogP contribution in [0.15, 0.2) is 18.2 Å². The average Bonchev–Trinajstić information content (AvgIpc) is 2.42. The number of ether oxygens (including phenoxy) is 1. The van der Waals surface area contributed by atoms with Crippen molar-refractivity contribution in [3.8, 4) is 5.75 Å². The molecule has 7 heteroatoms. The molecule has 0 aliphatic rings. The van der Waals surface area contributed by atoms with Gasteiger partial charge < -0.3 is 15.2 Å². The van der Waals surface area contributed by atoms with Crippen LogP contribution in [0.4, 0.5) is 0 Å². The zero-order chi connectivity index (χ0) is 15.8. The molecule has 0 aliphatic heterocycles. The maximum Gasteiger partial charge on any atom is 0.326 e. The molecule has 0 bridgehead atoms. The number of thioether (sulfide) groups is 1. The summed E-state index contributed by atoms with van der Waals surface area (Å²) >= 11 is 7.36. The fraction of sp³-hybridized carbons (Fsp3) is 0.429. The number of hydrogen-bond acceptors (Lipinski definition) is 4. The SMILES string of the molecule is CSCCC(NC(=O)COc1ccc(Cl)cc1C)C(=O)O. The second kappa shape index (κ2) is 8.79. The third-order valence-electron chi connectivity index (χ3n) is 2.74. The summed E-state index contributed by atoms with van der Waals surface area (Å²) in [5, 5.41) is 12.1. The molecule has 116 valence electrons. The molecule has 0 saturated heterocycles. The van der Waals surface area contributed by atoms with Crippen LogP contribution < -0.4 is 10.1 Å². The highest BCUT2D eigenvalue weighted by Gasteiger charge is 2.19. The fourth-order valence-electron chi connectivity index (χ4n) is 1.65. The first-order chi connectivity index (χ1) is 9.93. The molecule has 1 aromatic carbocycles. The largest absolute Gasteiger partial charge is 0.484 e. The minimum absolute atomic E-state index is 0.231. The van der Waals surface area contributed by atoms with Gasteiger partial charge in [0, 0.05) is 5.02 Å². The number of benzene rings is 1. The van der Waals surface area contributed by atoms with Gasteiger partial charge in [-0.1, -0.05) is 11.6 Å². The first-order valence-corrected chi connectivity index (χ1v) is 8.11. The van der Waals surface area contributed by atoms with Gasteiger partial charge in [-0.2, -0.15) is 11.8 Å². The standard InChI is InChI=1S/C14H18ClNO4S/c1-9-7-10(15)3-4-12(9)20-8-13(17)16-11(14(18)19)5-6-21-2/h3-4,7,11H,5-6,8H2,1-2H3,(H,16,17)(H,18,19). The summed E-state index contributed by atoms with van der Waals surface area (Å²) in [5.74, 6) is -0.294. The summed E-state index contributed by atoms with van der Waals surface area (Å²) in [6, 6.07) is 4.18. The first-order valence-electron chi connectivity index (χ1n) is 6.34. The highest BCUT2D eigenvalue weighted by Crippen LogP contribution is 2.21. The number of carbonyl (C=O) groups is 2. The van der Waals surface area contributed by atoms with E-state index in [4.69, 9.17) is 21.4 Å². The van der Waals surface area contributed by atoms with Gasteiger partial charge in [0.1, 0.15) is 11.8 Å². The number of halogens is 1. The van der Waals surface area contributed by atoms with Crippen LogP contribution in [0.1, 0.15) is 12.0 Å². The molecular weight excluding hydrogens is 314 g/mol. The Kier molecular flexibility index (Phi) is 7.39. The maximum atomic E-state index is 11.7. The van der Waals surface area contributed by atoms with E-state index in [-0.39, 0.29) is 6.61 Å². The van der Waals surface area contributed by atoms with E-state index in [1.165, 1.54) is 11.8 Å². The number of carboxylic acid groups (broad SMARTS) is 1. The lowest BCUT2D eigenvalue weighted by atomic mass is 10.2. The normalized spacial score (nSPS) is 11.8. The van der Waals surface area contributed by atoms with Gasteiger partial charge in [-0.05, 0) is 49.1 Å². The van der Waals surface area contributed by atoms with Crippen LogP contribution in [-0.2, 0) is 9.59 Å². The number of nitrogens with one attached hydrogen (secondary N) is 1. The van der Waals surface area contributed by atoms with Gasteiger partial charge in [0.2, 0.25) is 0 Å². The molecule has 21 heavy (non-hydrogen) atoms. The van der Waals surface area contributed by atoms with Gasteiger partial charge in [-0.25, -0.2) is 4.79 Å². The highest BCUT2D eigenvalue weighted by molar-refractivity contribution is 7.98. The van der Waals surface area contributed by atoms with Crippen LogP contribution in [-0.4, -0.2) is 41.6 Å². The lowest BCUT2D eigenvalue weighted by molar-refractivity contribution is -0.142. The summed E-state index contributed by atoms with van der Waals surface area (Å²) < 4.78 is 5.37. The molecule has 0 aliphatic carbocycles. The molecular formula is C14H18ClNO4S. The topological polar surface area (TPSA) is 75.6 Å². The van der Waals surface area contributed by atoms with Crippen molar-refractivity contribution in [2.45, 2.75) is 19.4 Å². The van der Waals surface area contributed by atoms with Gasteiger partial charge in [-0.3, -0.25) is 4.79 Å². The molecule has 0 fully saturated rings. The smallest absolute Gasteiger partial charge is 0.326 e. The monoisotopic (exact) mass is 331 g/mol. The van der Waals surface area contributed by atoms with Crippen molar-refractivity contribution in [3.63, 3.8) is 0 Å². The van der Waals surface area contributed by atoms with E-state index in [1.807, 2.05) is 13.2 Å². The molecule has 2 N–H and O–H groups in total. The van der Waals surface area contributed by atoms with Crippen LogP contribution in [0.25, 0.3) is 0 Å². The quantitative estimate of drug-likeness (QED) is 0.764. The van der Waals surface area contributed by atoms with E-state index in [1.54, 1.807) is 18.2 Å². The van der Waals surface area contributed by atoms with E-state index in [2.05, 4.69) is 5.32 Å². The minimum atomic E-state index is -1.04. The Labute approximate surface area is 133 Å². The summed E-state index contributed by atoms with van der Waals surface area (Å²) in [6.45, 7) is 1.59. The number of amides is 1. The Hall–Kier alpha value is -1.40. The van der Waals surface area contributed by atoms with Gasteiger partial charge in [0.05, 0.1) is 0 Å². The number of carbonyl (C=O) groups excluding carboxylic acids is 1. The van der Waals surface area contributed by atoms with Crippen LogP contribution in [0.5, 0.6) is 5.75 Å². The van der Waals surface area contributed by atoms with Crippen LogP contribution in [0.2, 0.25) is 5.02 Å². The summed E-state index contributed by atoms with van der Waals surface area (Å²) in [6.07, 6.45) is 2.26. The Bertz CT molecular complexity index is 510. The third-order valence-corrected chi connectivity index (χ3v) is 3.62. The molecule has 0 spiro atoms. The Morgan fingerprint density at radius 1 is 1.48 bits per heavy atom. The molecule has 1 rings (SSSR count). The average molecular weight is 332 g/mol. The lowest BCUT2D eigenvalue weighted by Gasteiger charge is -2.15. The molecule has 1 atom stereocenters. The highest BCUT2D eigenvalue weighted by atomic mass is 35.5. The predicted molar refractivity (Wildman–Crippen MR) is 84.2 cm³/mol. The van der Waals surface area contributed by atoms with E-state index in [0.717, 1.165) is 5.56 Å². The zero-order valence-electron chi connectivity index (χ0n) is 11.9. The van der Waals surface area contributed by atoms with Crippen molar-refractivity contribution in [2.24, 2.45) is 0 Å². The van der Waals surface area contributed by atoms with Crippen molar-refractivity contribution in [1.82, 2.24) is 5.32 Å². The number of rotatable bonds is 8. The number of hydrogen-bond donors (Lipinski definition) is 2. The number of carboxylic acids is 1. The van der Waals surface area contributed by atoms with Crippen molar-refractivity contribution >= 4 is 35.2 Å². The first kappa shape index (κ1) is 17.7.